The fraction of sp³-hybridized carbons (Fsp3) is 0.667. The first-order chi connectivity index (χ1) is 13.1. The first-order valence-corrected chi connectivity index (χ1v) is 11.6. The molecule has 0 saturated heterocycles. The minimum atomic E-state index is -4.27. The largest absolute Gasteiger partial charge is 1.00 e. The van der Waals surface area contributed by atoms with Crippen molar-refractivity contribution in [2.24, 2.45) is 0 Å². The predicted molar refractivity (Wildman–Crippen MR) is 113 cm³/mol. The van der Waals surface area contributed by atoms with E-state index in [9.17, 15) is 18.3 Å². The molecule has 0 aliphatic heterocycles. The maximum absolute atomic E-state index is 13.5. The van der Waals surface area contributed by atoms with Gasteiger partial charge in [0, 0.05) is 13.1 Å². The molecule has 0 spiro atoms. The van der Waals surface area contributed by atoms with E-state index >= 15 is 0 Å². The van der Waals surface area contributed by atoms with Crippen molar-refractivity contribution in [3.63, 3.8) is 0 Å². The molecule has 160 valence electrons. The molecule has 0 unspecified atom stereocenters. The second-order valence-electron chi connectivity index (χ2n) is 7.74. The Bertz CT molecular complexity index is 717. The van der Waals surface area contributed by atoms with Crippen molar-refractivity contribution >= 4 is 22.0 Å². The van der Waals surface area contributed by atoms with E-state index in [-0.39, 0.29) is 47.1 Å². The molecule has 0 aliphatic carbocycles. The van der Waals surface area contributed by atoms with Gasteiger partial charge in [0.1, 0.15) is 0 Å². The van der Waals surface area contributed by atoms with Crippen molar-refractivity contribution in [3.8, 4) is 0 Å². The number of amides is 1. The van der Waals surface area contributed by atoms with Gasteiger partial charge in [-0.1, -0.05) is 72.6 Å². The normalized spacial score (nSPS) is 11.8. The van der Waals surface area contributed by atoms with Gasteiger partial charge < -0.3 is 9.90 Å². The first kappa shape index (κ1) is 28.4. The van der Waals surface area contributed by atoms with Crippen molar-refractivity contribution in [2.75, 3.05) is 17.4 Å². The SMILES string of the molecule is CCCCN(CCCC)S(=O)(=O)N(C(=O)[O-])c1c(C(C)C)cccc1C(C)C.[Na+]. The van der Waals surface area contributed by atoms with Crippen molar-refractivity contribution in [3.05, 3.63) is 29.3 Å². The average molecular weight is 435 g/mol. The van der Waals surface area contributed by atoms with Gasteiger partial charge in [0.05, 0.1) is 5.69 Å². The molecule has 8 heteroatoms. The Morgan fingerprint density at radius 1 is 0.966 bits per heavy atom. The molecule has 1 rings (SSSR count). The molecule has 1 amide bonds. The number of carboxylic acid groups (broad SMARTS) is 1. The second kappa shape index (κ2) is 13.0. The van der Waals surface area contributed by atoms with Crippen LogP contribution in [-0.4, -0.2) is 31.9 Å². The van der Waals surface area contributed by atoms with E-state index in [1.165, 1.54) is 4.31 Å². The number of unbranched alkanes of at least 4 members (excludes halogenated alkanes) is 2. The average Bonchev–Trinajstić information content (AvgIpc) is 2.60. The Hall–Kier alpha value is -0.600. The zero-order valence-electron chi connectivity index (χ0n) is 19.1. The van der Waals surface area contributed by atoms with E-state index in [0.29, 0.717) is 41.4 Å². The van der Waals surface area contributed by atoms with Gasteiger partial charge in [0.2, 0.25) is 0 Å². The maximum atomic E-state index is 13.5. The van der Waals surface area contributed by atoms with E-state index in [4.69, 9.17) is 0 Å². The van der Waals surface area contributed by atoms with Gasteiger partial charge in [-0.25, -0.2) is 4.31 Å². The molecular formula is C21H35N2NaO4S. The quantitative estimate of drug-likeness (QED) is 0.491. The zero-order chi connectivity index (χ0) is 21.5. The van der Waals surface area contributed by atoms with Crippen LogP contribution >= 0.6 is 0 Å². The third-order valence-electron chi connectivity index (χ3n) is 4.79. The van der Waals surface area contributed by atoms with Crippen molar-refractivity contribution in [2.45, 2.75) is 79.1 Å². The summed E-state index contributed by atoms with van der Waals surface area (Å²) in [5, 5.41) is 12.2. The maximum Gasteiger partial charge on any atom is 1.00 e. The minimum absolute atomic E-state index is 0. The van der Waals surface area contributed by atoms with Gasteiger partial charge in [-0.2, -0.15) is 12.7 Å². The Morgan fingerprint density at radius 2 is 1.38 bits per heavy atom. The summed E-state index contributed by atoms with van der Waals surface area (Å²) in [5.41, 5.74) is 1.60. The summed E-state index contributed by atoms with van der Waals surface area (Å²) >= 11 is 0. The topological polar surface area (TPSA) is 80.8 Å². The van der Waals surface area contributed by atoms with Crippen LogP contribution in [0.1, 0.15) is 90.2 Å². The van der Waals surface area contributed by atoms with Crippen LogP contribution in [0.2, 0.25) is 0 Å². The Morgan fingerprint density at radius 3 is 1.69 bits per heavy atom. The van der Waals surface area contributed by atoms with Crippen LogP contribution in [0, 0.1) is 0 Å². The summed E-state index contributed by atoms with van der Waals surface area (Å²) < 4.78 is 28.7. The van der Waals surface area contributed by atoms with Gasteiger partial charge >= 0.3 is 39.8 Å². The predicted octanol–water partition coefficient (Wildman–Crippen LogP) is 1.23. The van der Waals surface area contributed by atoms with Crippen LogP contribution in [0.25, 0.3) is 0 Å². The summed E-state index contributed by atoms with van der Waals surface area (Å²) in [7, 11) is -4.27. The standard InChI is InChI=1S/C21H36N2O4S.Na/c1-7-9-14-22(15-10-8-2)28(26,27)23(21(24)25)20-18(16(3)4)12-11-13-19(20)17(5)6;/h11-13,16-17H,7-10,14-15H2,1-6H3,(H,24,25);/q;+1/p-1. The molecule has 0 radical (unpaired) electrons. The van der Waals surface area contributed by atoms with Crippen LogP contribution in [0.5, 0.6) is 0 Å². The van der Waals surface area contributed by atoms with Crippen molar-refractivity contribution in [1.82, 2.24) is 4.31 Å². The number of para-hydroxylation sites is 1. The molecule has 0 saturated carbocycles. The first-order valence-electron chi connectivity index (χ1n) is 10.2. The molecule has 1 aromatic rings. The molecule has 0 fully saturated rings. The van der Waals surface area contributed by atoms with Crippen molar-refractivity contribution in [1.29, 1.82) is 0 Å². The Kier molecular flexibility index (Phi) is 12.7. The zero-order valence-corrected chi connectivity index (χ0v) is 21.9. The van der Waals surface area contributed by atoms with E-state index in [1.807, 2.05) is 47.6 Å². The van der Waals surface area contributed by atoms with Gasteiger partial charge in [-0.15, -0.1) is 0 Å². The molecular weight excluding hydrogens is 399 g/mol. The number of anilines is 1. The molecule has 0 N–H and O–H groups in total. The number of nitrogens with zero attached hydrogens (tertiary/aromatic N) is 2. The summed E-state index contributed by atoms with van der Waals surface area (Å²) in [5.74, 6) is -0.0732. The second-order valence-corrected chi connectivity index (χ2v) is 9.52. The van der Waals surface area contributed by atoms with E-state index in [0.717, 1.165) is 12.8 Å². The van der Waals surface area contributed by atoms with Gasteiger partial charge in [-0.05, 0) is 35.8 Å². The molecule has 0 aromatic heterocycles. The number of rotatable bonds is 11. The summed E-state index contributed by atoms with van der Waals surface area (Å²) in [6.45, 7) is 12.2. The Balaban J connectivity index is 0.00000784. The number of hydrogen-bond donors (Lipinski definition) is 0. The van der Waals surface area contributed by atoms with Gasteiger partial charge in [-0.3, -0.25) is 0 Å². The fourth-order valence-corrected chi connectivity index (χ4v) is 4.75. The van der Waals surface area contributed by atoms with Gasteiger partial charge in [0.25, 0.3) is 0 Å². The smallest absolute Gasteiger partial charge is 0.529 e. The van der Waals surface area contributed by atoms with Gasteiger partial charge in [0.15, 0.2) is 6.09 Å². The van der Waals surface area contributed by atoms with Crippen LogP contribution in [-0.2, 0) is 10.2 Å². The molecule has 29 heavy (non-hydrogen) atoms. The van der Waals surface area contributed by atoms with Crippen molar-refractivity contribution < 1.29 is 47.9 Å². The number of carbonyl (C=O) groups excluding carboxylic acids is 1. The summed E-state index contributed by atoms with van der Waals surface area (Å²) in [4.78, 5) is 12.2. The van der Waals surface area contributed by atoms with E-state index in [1.54, 1.807) is 12.1 Å². The fourth-order valence-electron chi connectivity index (χ4n) is 3.17. The third kappa shape index (κ3) is 7.24. The van der Waals surface area contributed by atoms with Crippen LogP contribution in [0.3, 0.4) is 0 Å². The summed E-state index contributed by atoms with van der Waals surface area (Å²) in [6, 6.07) is 5.43. The summed E-state index contributed by atoms with van der Waals surface area (Å²) in [6.07, 6.45) is 1.28. The number of carbonyl (C=O) groups is 1. The molecule has 0 atom stereocenters. The minimum Gasteiger partial charge on any atom is -0.529 e. The van der Waals surface area contributed by atoms with E-state index < -0.39 is 16.3 Å². The molecule has 1 aromatic carbocycles. The Labute approximate surface area is 199 Å². The molecule has 0 aliphatic rings. The number of benzene rings is 1. The molecule has 0 heterocycles. The number of hydrogen-bond acceptors (Lipinski definition) is 4. The molecule has 6 nitrogen and oxygen atoms in total. The molecule has 0 bridgehead atoms. The van der Waals surface area contributed by atoms with Crippen LogP contribution in [0.15, 0.2) is 18.2 Å². The monoisotopic (exact) mass is 434 g/mol. The van der Waals surface area contributed by atoms with E-state index in [2.05, 4.69) is 0 Å². The third-order valence-corrected chi connectivity index (χ3v) is 6.60. The van der Waals surface area contributed by atoms with Crippen LogP contribution in [0.4, 0.5) is 10.5 Å². The van der Waals surface area contributed by atoms with Crippen LogP contribution < -0.4 is 39.0 Å².